The first-order chi connectivity index (χ1) is 8.22. The maximum Gasteiger partial charge on any atom is 0.128 e. The second-order valence-electron chi connectivity index (χ2n) is 4.05. The quantitative estimate of drug-likeness (QED) is 0.836. The molecule has 0 aliphatic carbocycles. The number of hydrogen-bond acceptors (Lipinski definition) is 3. The summed E-state index contributed by atoms with van der Waals surface area (Å²) in [5.74, 6) is -0.856. The van der Waals surface area contributed by atoms with Crippen molar-refractivity contribution < 1.29 is 13.5 Å². The van der Waals surface area contributed by atoms with Crippen molar-refractivity contribution in [3.8, 4) is 0 Å². The number of benzene rings is 1. The molecule has 1 aliphatic rings. The number of nitrogens with one attached hydrogen (secondary N) is 2. The molecule has 0 radical (unpaired) electrons. The van der Waals surface area contributed by atoms with Gasteiger partial charge in [0.15, 0.2) is 0 Å². The molecule has 1 fully saturated rings. The summed E-state index contributed by atoms with van der Waals surface area (Å²) in [6.07, 6.45) is -0.190. The molecule has 1 aromatic rings. The van der Waals surface area contributed by atoms with Crippen LogP contribution < -0.4 is 10.6 Å². The monoisotopic (exact) mass is 242 g/mol. The Morgan fingerprint density at radius 1 is 1.47 bits per heavy atom. The van der Waals surface area contributed by atoms with Crippen LogP contribution in [0.2, 0.25) is 0 Å². The number of rotatable bonds is 3. The fraction of sp³-hybridized carbons (Fsp3) is 0.500. The highest BCUT2D eigenvalue weighted by Crippen LogP contribution is 2.23. The van der Waals surface area contributed by atoms with Gasteiger partial charge in [0.05, 0.1) is 18.8 Å². The van der Waals surface area contributed by atoms with Gasteiger partial charge in [-0.1, -0.05) is 0 Å². The second kappa shape index (κ2) is 5.53. The van der Waals surface area contributed by atoms with Crippen molar-refractivity contribution in [3.63, 3.8) is 0 Å². The van der Waals surface area contributed by atoms with E-state index in [0.717, 1.165) is 18.7 Å². The van der Waals surface area contributed by atoms with Crippen LogP contribution in [0.3, 0.4) is 0 Å². The molecule has 1 aromatic carbocycles. The zero-order chi connectivity index (χ0) is 12.3. The van der Waals surface area contributed by atoms with Gasteiger partial charge in [0.25, 0.3) is 0 Å². The molecular formula is C12H16F2N2O. The Kier molecular flexibility index (Phi) is 4.04. The highest BCUT2D eigenvalue weighted by atomic mass is 19.1. The Bertz CT molecular complexity index is 381. The highest BCUT2D eigenvalue weighted by molar-refractivity contribution is 5.23. The standard InChI is InChI=1S/C12H16F2N2O/c1-15-12(11-7-16-4-5-17-11)9-6-8(13)2-3-10(9)14/h2-3,6,11-12,15-16H,4-5,7H2,1H3. The molecule has 0 spiro atoms. The SMILES string of the molecule is CNC(c1cc(F)ccc1F)C1CNCCO1. The van der Waals surface area contributed by atoms with E-state index in [1.165, 1.54) is 6.07 Å². The molecule has 0 saturated carbocycles. The first kappa shape index (κ1) is 12.4. The average Bonchev–Trinajstić information content (AvgIpc) is 2.36. The summed E-state index contributed by atoms with van der Waals surface area (Å²) in [6, 6.07) is 3.13. The van der Waals surface area contributed by atoms with Crippen molar-refractivity contribution in [2.75, 3.05) is 26.7 Å². The van der Waals surface area contributed by atoms with Gasteiger partial charge in [-0.25, -0.2) is 8.78 Å². The van der Waals surface area contributed by atoms with Crippen LogP contribution in [0.25, 0.3) is 0 Å². The van der Waals surface area contributed by atoms with E-state index in [9.17, 15) is 8.78 Å². The van der Waals surface area contributed by atoms with Crippen LogP contribution in [0.4, 0.5) is 8.78 Å². The maximum absolute atomic E-state index is 13.7. The summed E-state index contributed by atoms with van der Waals surface area (Å²) in [5.41, 5.74) is 0.307. The van der Waals surface area contributed by atoms with Crippen LogP contribution >= 0.6 is 0 Å². The summed E-state index contributed by atoms with van der Waals surface area (Å²) in [7, 11) is 1.72. The first-order valence-electron chi connectivity index (χ1n) is 5.67. The summed E-state index contributed by atoms with van der Waals surface area (Å²) >= 11 is 0. The molecule has 1 aliphatic heterocycles. The molecular weight excluding hydrogens is 226 g/mol. The number of halogens is 2. The Balaban J connectivity index is 2.24. The largest absolute Gasteiger partial charge is 0.374 e. The van der Waals surface area contributed by atoms with Gasteiger partial charge in [-0.3, -0.25) is 0 Å². The van der Waals surface area contributed by atoms with Gasteiger partial charge in [0.1, 0.15) is 11.6 Å². The minimum Gasteiger partial charge on any atom is -0.374 e. The predicted molar refractivity (Wildman–Crippen MR) is 60.8 cm³/mol. The van der Waals surface area contributed by atoms with Crippen molar-refractivity contribution in [2.24, 2.45) is 0 Å². The predicted octanol–water partition coefficient (Wildman–Crippen LogP) is 1.21. The molecule has 17 heavy (non-hydrogen) atoms. The number of hydrogen-bond donors (Lipinski definition) is 2. The van der Waals surface area contributed by atoms with Crippen LogP contribution in [0.5, 0.6) is 0 Å². The third kappa shape index (κ3) is 2.80. The Morgan fingerprint density at radius 2 is 2.29 bits per heavy atom. The normalized spacial score (nSPS) is 22.4. The number of morpholine rings is 1. The Labute approximate surface area is 99.2 Å². The topological polar surface area (TPSA) is 33.3 Å². The van der Waals surface area contributed by atoms with Gasteiger partial charge in [0.2, 0.25) is 0 Å². The Morgan fingerprint density at radius 3 is 2.94 bits per heavy atom. The zero-order valence-electron chi connectivity index (χ0n) is 9.67. The van der Waals surface area contributed by atoms with Crippen molar-refractivity contribution in [2.45, 2.75) is 12.1 Å². The smallest absolute Gasteiger partial charge is 0.128 e. The molecule has 0 aromatic heterocycles. The fourth-order valence-corrected chi connectivity index (χ4v) is 2.09. The Hall–Kier alpha value is -1.04. The lowest BCUT2D eigenvalue weighted by Crippen LogP contribution is -2.45. The average molecular weight is 242 g/mol. The van der Waals surface area contributed by atoms with E-state index in [1.54, 1.807) is 7.05 Å². The van der Waals surface area contributed by atoms with E-state index >= 15 is 0 Å². The van der Waals surface area contributed by atoms with Crippen LogP contribution in [0.15, 0.2) is 18.2 Å². The molecule has 1 saturated heterocycles. The number of likely N-dealkylation sites (N-methyl/N-ethyl adjacent to an activating group) is 1. The molecule has 2 N–H and O–H groups in total. The minimum absolute atomic E-state index is 0.190. The summed E-state index contributed by atoms with van der Waals surface area (Å²) in [6.45, 7) is 2.00. The minimum atomic E-state index is -0.439. The van der Waals surface area contributed by atoms with E-state index in [2.05, 4.69) is 10.6 Å². The van der Waals surface area contributed by atoms with Gasteiger partial charge in [-0.05, 0) is 25.2 Å². The lowest BCUT2D eigenvalue weighted by Gasteiger charge is -2.31. The second-order valence-corrected chi connectivity index (χ2v) is 4.05. The van der Waals surface area contributed by atoms with Gasteiger partial charge in [-0.15, -0.1) is 0 Å². The van der Waals surface area contributed by atoms with Gasteiger partial charge >= 0.3 is 0 Å². The van der Waals surface area contributed by atoms with Crippen molar-refractivity contribution in [3.05, 3.63) is 35.4 Å². The molecule has 0 amide bonds. The van der Waals surface area contributed by atoms with Gasteiger partial charge < -0.3 is 15.4 Å². The van der Waals surface area contributed by atoms with Crippen LogP contribution in [0, 0.1) is 11.6 Å². The lowest BCUT2D eigenvalue weighted by atomic mass is 10.00. The van der Waals surface area contributed by atoms with Gasteiger partial charge in [-0.2, -0.15) is 0 Å². The van der Waals surface area contributed by atoms with E-state index in [1.807, 2.05) is 0 Å². The van der Waals surface area contributed by atoms with Gasteiger partial charge in [0, 0.05) is 18.7 Å². The van der Waals surface area contributed by atoms with E-state index in [-0.39, 0.29) is 12.1 Å². The van der Waals surface area contributed by atoms with Crippen LogP contribution in [0.1, 0.15) is 11.6 Å². The van der Waals surface area contributed by atoms with Crippen molar-refractivity contribution >= 4 is 0 Å². The third-order valence-corrected chi connectivity index (χ3v) is 2.93. The van der Waals surface area contributed by atoms with E-state index in [0.29, 0.717) is 18.7 Å². The maximum atomic E-state index is 13.7. The zero-order valence-corrected chi connectivity index (χ0v) is 9.67. The lowest BCUT2D eigenvalue weighted by molar-refractivity contribution is 0.00459. The van der Waals surface area contributed by atoms with E-state index in [4.69, 9.17) is 4.74 Å². The molecule has 94 valence electrons. The summed E-state index contributed by atoms with van der Waals surface area (Å²) in [5, 5.41) is 6.16. The molecule has 1 heterocycles. The number of ether oxygens (including phenoxy) is 1. The molecule has 3 nitrogen and oxygen atoms in total. The highest BCUT2D eigenvalue weighted by Gasteiger charge is 2.27. The molecule has 2 unspecified atom stereocenters. The van der Waals surface area contributed by atoms with Crippen molar-refractivity contribution in [1.82, 2.24) is 10.6 Å². The van der Waals surface area contributed by atoms with E-state index < -0.39 is 11.6 Å². The molecule has 5 heteroatoms. The molecule has 0 bridgehead atoms. The molecule has 2 rings (SSSR count). The fourth-order valence-electron chi connectivity index (χ4n) is 2.09. The molecule has 2 atom stereocenters. The summed E-state index contributed by atoms with van der Waals surface area (Å²) in [4.78, 5) is 0. The van der Waals surface area contributed by atoms with Crippen molar-refractivity contribution in [1.29, 1.82) is 0 Å². The third-order valence-electron chi connectivity index (χ3n) is 2.93. The summed E-state index contributed by atoms with van der Waals surface area (Å²) < 4.78 is 32.4. The van der Waals surface area contributed by atoms with Crippen LogP contribution in [-0.4, -0.2) is 32.8 Å². The van der Waals surface area contributed by atoms with Crippen LogP contribution in [-0.2, 0) is 4.74 Å². The first-order valence-corrected chi connectivity index (χ1v) is 5.67.